The van der Waals surface area contributed by atoms with Crippen LogP contribution in [0.15, 0.2) is 0 Å². The van der Waals surface area contributed by atoms with Crippen molar-refractivity contribution in [2.75, 3.05) is 24.3 Å². The van der Waals surface area contributed by atoms with Crippen molar-refractivity contribution in [3.05, 3.63) is 0 Å². The Bertz CT molecular complexity index is 322. The maximum atomic E-state index is 5.71. The first kappa shape index (κ1) is 9.58. The molecule has 0 aliphatic heterocycles. The van der Waals surface area contributed by atoms with Crippen molar-refractivity contribution in [2.24, 2.45) is 0 Å². The van der Waals surface area contributed by atoms with Crippen molar-refractivity contribution in [3.8, 4) is 5.75 Å². The number of rotatable bonds is 4. The SMILES string of the molecule is CCN(c1snc(N)c1OC)C1CC1. The summed E-state index contributed by atoms with van der Waals surface area (Å²) in [7, 11) is 1.64. The van der Waals surface area contributed by atoms with Gasteiger partial charge in [0, 0.05) is 12.6 Å². The van der Waals surface area contributed by atoms with Crippen LogP contribution in [-0.2, 0) is 0 Å². The van der Waals surface area contributed by atoms with Gasteiger partial charge in [0.1, 0.15) is 0 Å². The van der Waals surface area contributed by atoms with E-state index in [1.165, 1.54) is 24.4 Å². The number of nitrogens with zero attached hydrogens (tertiary/aromatic N) is 2. The van der Waals surface area contributed by atoms with E-state index in [1.807, 2.05) is 0 Å². The molecule has 1 fully saturated rings. The van der Waals surface area contributed by atoms with Crippen molar-refractivity contribution < 1.29 is 4.74 Å². The molecule has 1 aromatic heterocycles. The second-order valence-electron chi connectivity index (χ2n) is 3.42. The van der Waals surface area contributed by atoms with Gasteiger partial charge in [0.25, 0.3) is 0 Å². The molecule has 0 spiro atoms. The van der Waals surface area contributed by atoms with E-state index in [9.17, 15) is 0 Å². The normalized spacial score (nSPS) is 15.6. The number of ether oxygens (including phenoxy) is 1. The first-order valence-electron chi connectivity index (χ1n) is 4.83. The number of anilines is 2. The van der Waals surface area contributed by atoms with Crippen LogP contribution in [-0.4, -0.2) is 24.1 Å². The third-order valence-electron chi connectivity index (χ3n) is 2.45. The molecule has 1 heterocycles. The first-order valence-corrected chi connectivity index (χ1v) is 5.61. The molecule has 2 rings (SSSR count). The highest BCUT2D eigenvalue weighted by atomic mass is 32.1. The van der Waals surface area contributed by atoms with Gasteiger partial charge in [0.05, 0.1) is 7.11 Å². The molecule has 0 amide bonds. The number of aromatic nitrogens is 1. The van der Waals surface area contributed by atoms with Gasteiger partial charge < -0.3 is 15.4 Å². The highest BCUT2D eigenvalue weighted by Gasteiger charge is 2.31. The van der Waals surface area contributed by atoms with Crippen LogP contribution in [0.2, 0.25) is 0 Å². The van der Waals surface area contributed by atoms with Gasteiger partial charge in [-0.3, -0.25) is 0 Å². The van der Waals surface area contributed by atoms with Crippen LogP contribution in [0, 0.1) is 0 Å². The van der Waals surface area contributed by atoms with E-state index in [2.05, 4.69) is 16.2 Å². The zero-order valence-electron chi connectivity index (χ0n) is 8.49. The lowest BCUT2D eigenvalue weighted by molar-refractivity contribution is 0.417. The van der Waals surface area contributed by atoms with Crippen LogP contribution in [0.1, 0.15) is 19.8 Å². The second kappa shape index (κ2) is 3.65. The van der Waals surface area contributed by atoms with Gasteiger partial charge in [-0.1, -0.05) is 0 Å². The van der Waals surface area contributed by atoms with Crippen molar-refractivity contribution in [1.82, 2.24) is 4.37 Å². The van der Waals surface area contributed by atoms with Crippen LogP contribution in [0.25, 0.3) is 0 Å². The molecule has 1 saturated carbocycles. The van der Waals surface area contributed by atoms with E-state index in [4.69, 9.17) is 10.5 Å². The fraction of sp³-hybridized carbons (Fsp3) is 0.667. The van der Waals surface area contributed by atoms with Gasteiger partial charge in [0.15, 0.2) is 16.6 Å². The Morgan fingerprint density at radius 1 is 1.64 bits per heavy atom. The third-order valence-corrected chi connectivity index (χ3v) is 3.33. The van der Waals surface area contributed by atoms with Crippen molar-refractivity contribution >= 4 is 22.4 Å². The van der Waals surface area contributed by atoms with Gasteiger partial charge in [-0.25, -0.2) is 0 Å². The molecule has 1 aromatic rings. The van der Waals surface area contributed by atoms with Gasteiger partial charge in [-0.15, -0.1) is 0 Å². The van der Waals surface area contributed by atoms with Crippen LogP contribution < -0.4 is 15.4 Å². The molecule has 0 atom stereocenters. The molecule has 14 heavy (non-hydrogen) atoms. The van der Waals surface area contributed by atoms with Crippen molar-refractivity contribution in [1.29, 1.82) is 0 Å². The standard InChI is InChI=1S/C9H15N3OS/c1-3-12(6-4-5-6)9-7(13-2)8(10)11-14-9/h6H,3-5H2,1-2H3,(H2,10,11). The predicted molar refractivity (Wildman–Crippen MR) is 59.1 cm³/mol. The summed E-state index contributed by atoms with van der Waals surface area (Å²) in [6, 6.07) is 0.675. The molecule has 78 valence electrons. The molecular formula is C9H15N3OS. The molecule has 0 unspecified atom stereocenters. The van der Waals surface area contributed by atoms with E-state index in [-0.39, 0.29) is 0 Å². The Kier molecular flexibility index (Phi) is 2.50. The lowest BCUT2D eigenvalue weighted by atomic mass is 10.4. The Balaban J connectivity index is 2.28. The molecule has 4 nitrogen and oxygen atoms in total. The van der Waals surface area contributed by atoms with E-state index in [0.29, 0.717) is 11.9 Å². The van der Waals surface area contributed by atoms with E-state index < -0.39 is 0 Å². The monoisotopic (exact) mass is 213 g/mol. The van der Waals surface area contributed by atoms with Crippen molar-refractivity contribution in [2.45, 2.75) is 25.8 Å². The number of methoxy groups -OCH3 is 1. The fourth-order valence-corrected chi connectivity index (χ4v) is 2.54. The maximum Gasteiger partial charge on any atom is 0.197 e. The molecule has 1 aliphatic carbocycles. The largest absolute Gasteiger partial charge is 0.490 e. The summed E-state index contributed by atoms with van der Waals surface area (Å²) in [4.78, 5) is 2.33. The summed E-state index contributed by atoms with van der Waals surface area (Å²) < 4.78 is 9.38. The van der Waals surface area contributed by atoms with Gasteiger partial charge in [0.2, 0.25) is 0 Å². The average Bonchev–Trinajstić information content (AvgIpc) is 2.93. The summed E-state index contributed by atoms with van der Waals surface area (Å²) in [5.41, 5.74) is 5.71. The second-order valence-corrected chi connectivity index (χ2v) is 4.18. The topological polar surface area (TPSA) is 51.4 Å². The van der Waals surface area contributed by atoms with Crippen LogP contribution in [0.5, 0.6) is 5.75 Å². The minimum absolute atomic E-state index is 0.506. The van der Waals surface area contributed by atoms with Gasteiger partial charge >= 0.3 is 0 Å². The van der Waals surface area contributed by atoms with E-state index in [0.717, 1.165) is 17.3 Å². The number of hydrogen-bond acceptors (Lipinski definition) is 5. The lowest BCUT2D eigenvalue weighted by Crippen LogP contribution is -2.24. The van der Waals surface area contributed by atoms with Crippen molar-refractivity contribution in [3.63, 3.8) is 0 Å². The molecule has 2 N–H and O–H groups in total. The Labute approximate surface area is 87.8 Å². The van der Waals surface area contributed by atoms with Crippen LogP contribution >= 0.6 is 11.5 Å². The summed E-state index contributed by atoms with van der Waals surface area (Å²) in [5, 5.41) is 1.08. The molecular weight excluding hydrogens is 198 g/mol. The fourth-order valence-electron chi connectivity index (χ4n) is 1.61. The molecule has 1 aliphatic rings. The first-order chi connectivity index (χ1) is 6.77. The third kappa shape index (κ3) is 1.52. The summed E-state index contributed by atoms with van der Waals surface area (Å²) >= 11 is 1.43. The quantitative estimate of drug-likeness (QED) is 0.827. The van der Waals surface area contributed by atoms with E-state index in [1.54, 1.807) is 7.11 Å². The number of hydrogen-bond donors (Lipinski definition) is 1. The lowest BCUT2D eigenvalue weighted by Gasteiger charge is -2.20. The zero-order valence-corrected chi connectivity index (χ0v) is 9.30. The van der Waals surface area contributed by atoms with E-state index >= 15 is 0 Å². The molecule has 0 saturated heterocycles. The smallest absolute Gasteiger partial charge is 0.197 e. The Morgan fingerprint density at radius 3 is 2.86 bits per heavy atom. The zero-order chi connectivity index (χ0) is 10.1. The number of nitrogens with two attached hydrogens (primary N) is 1. The average molecular weight is 213 g/mol. The Hall–Kier alpha value is -0.970. The molecule has 0 radical (unpaired) electrons. The summed E-state index contributed by atoms with van der Waals surface area (Å²) in [5.74, 6) is 1.25. The Morgan fingerprint density at radius 2 is 2.36 bits per heavy atom. The molecule has 0 bridgehead atoms. The highest BCUT2D eigenvalue weighted by molar-refractivity contribution is 7.11. The predicted octanol–water partition coefficient (Wildman–Crippen LogP) is 1.72. The highest BCUT2D eigenvalue weighted by Crippen LogP contribution is 2.42. The summed E-state index contributed by atoms with van der Waals surface area (Å²) in [6.45, 7) is 3.14. The van der Waals surface area contributed by atoms with Crippen LogP contribution in [0.4, 0.5) is 10.8 Å². The minimum Gasteiger partial charge on any atom is -0.490 e. The molecule has 0 aromatic carbocycles. The van der Waals surface area contributed by atoms with Gasteiger partial charge in [-0.05, 0) is 31.3 Å². The summed E-state index contributed by atoms with van der Waals surface area (Å²) in [6.07, 6.45) is 2.55. The minimum atomic E-state index is 0.506. The molecule has 5 heteroatoms. The van der Waals surface area contributed by atoms with Gasteiger partial charge in [-0.2, -0.15) is 4.37 Å². The number of nitrogen functional groups attached to an aromatic ring is 1. The maximum absolute atomic E-state index is 5.71. The van der Waals surface area contributed by atoms with Crippen LogP contribution in [0.3, 0.4) is 0 Å².